The zero-order valence-corrected chi connectivity index (χ0v) is 17.9. The summed E-state index contributed by atoms with van der Waals surface area (Å²) >= 11 is 0. The molecule has 0 spiro atoms. The van der Waals surface area contributed by atoms with Crippen molar-refractivity contribution in [2.75, 3.05) is 20.2 Å². The molecule has 4 rings (SSSR count). The topological polar surface area (TPSA) is 97.3 Å². The number of methoxy groups -OCH3 is 1. The van der Waals surface area contributed by atoms with E-state index >= 15 is 0 Å². The summed E-state index contributed by atoms with van der Waals surface area (Å²) in [5, 5.41) is 11.2. The average Bonchev–Trinajstić information content (AvgIpc) is 2.85. The molecule has 0 atom stereocenters. The van der Waals surface area contributed by atoms with Crippen molar-refractivity contribution in [2.24, 2.45) is 0 Å². The number of amides is 2. The first-order valence-electron chi connectivity index (χ1n) is 10.6. The largest absolute Gasteiger partial charge is 0.480 e. The molecule has 1 N–H and O–H groups in total. The number of carbonyl (C=O) groups is 2. The second kappa shape index (κ2) is 10.00. The monoisotopic (exact) mass is 431 g/mol. The maximum absolute atomic E-state index is 13.0. The molecule has 3 heterocycles. The number of likely N-dealkylation sites (tertiary alicyclic amines) is 1. The summed E-state index contributed by atoms with van der Waals surface area (Å²) < 4.78 is 5.04. The summed E-state index contributed by atoms with van der Waals surface area (Å²) in [4.78, 5) is 31.3. The first kappa shape index (κ1) is 21.4. The van der Waals surface area contributed by atoms with E-state index in [2.05, 4.69) is 20.5 Å². The Balaban J connectivity index is 1.32. The molecule has 1 aliphatic heterocycles. The Hall–Kier alpha value is -3.81. The third-order valence-corrected chi connectivity index (χ3v) is 5.47. The Kier molecular flexibility index (Phi) is 6.69. The maximum atomic E-state index is 13.0. The van der Waals surface area contributed by atoms with E-state index in [-0.39, 0.29) is 24.3 Å². The van der Waals surface area contributed by atoms with Gasteiger partial charge in [-0.25, -0.2) is 0 Å². The van der Waals surface area contributed by atoms with Gasteiger partial charge in [0.1, 0.15) is 0 Å². The fourth-order valence-corrected chi connectivity index (χ4v) is 3.75. The van der Waals surface area contributed by atoms with Crippen LogP contribution in [-0.2, 0) is 11.2 Å². The third-order valence-electron chi connectivity index (χ3n) is 5.47. The quantitative estimate of drug-likeness (QED) is 0.644. The van der Waals surface area contributed by atoms with Crippen molar-refractivity contribution < 1.29 is 14.3 Å². The standard InChI is InChI=1S/C24H25N5O3/c1-32-23-9-8-21(27-28-23)17-5-4-6-18(15-17)24(31)29-13-10-19(11-14-29)26-22(30)16-20-7-2-3-12-25-20/h2-9,12,15,19H,10-11,13-14,16H2,1H3,(H,26,30). The molecule has 2 aromatic heterocycles. The number of hydrogen-bond donors (Lipinski definition) is 1. The van der Waals surface area contributed by atoms with Crippen LogP contribution in [-0.4, -0.2) is 58.1 Å². The molecule has 1 aliphatic rings. The minimum Gasteiger partial charge on any atom is -0.480 e. The van der Waals surface area contributed by atoms with Gasteiger partial charge in [-0.1, -0.05) is 18.2 Å². The number of hydrogen-bond acceptors (Lipinski definition) is 6. The summed E-state index contributed by atoms with van der Waals surface area (Å²) in [5.41, 5.74) is 2.86. The van der Waals surface area contributed by atoms with Gasteiger partial charge < -0.3 is 15.0 Å². The van der Waals surface area contributed by atoms with Gasteiger partial charge in [-0.2, -0.15) is 0 Å². The molecule has 8 heteroatoms. The van der Waals surface area contributed by atoms with E-state index < -0.39 is 0 Å². The fraction of sp³-hybridized carbons (Fsp3) is 0.292. The van der Waals surface area contributed by atoms with Gasteiger partial charge in [0.15, 0.2) is 0 Å². The highest BCUT2D eigenvalue weighted by molar-refractivity contribution is 5.95. The number of carbonyl (C=O) groups excluding carboxylic acids is 2. The Morgan fingerprint density at radius 2 is 1.91 bits per heavy atom. The number of benzene rings is 1. The predicted molar refractivity (Wildman–Crippen MR) is 119 cm³/mol. The summed E-state index contributed by atoms with van der Waals surface area (Å²) in [5.74, 6) is 0.379. The number of pyridine rings is 1. The highest BCUT2D eigenvalue weighted by atomic mass is 16.5. The van der Waals surface area contributed by atoms with Gasteiger partial charge in [0, 0.05) is 48.2 Å². The van der Waals surface area contributed by atoms with Crippen LogP contribution in [0.4, 0.5) is 0 Å². The lowest BCUT2D eigenvalue weighted by Gasteiger charge is -2.32. The van der Waals surface area contributed by atoms with Gasteiger partial charge in [0.2, 0.25) is 11.8 Å². The Bertz CT molecular complexity index is 1060. The Morgan fingerprint density at radius 3 is 2.59 bits per heavy atom. The second-order valence-electron chi connectivity index (χ2n) is 7.67. The third kappa shape index (κ3) is 5.26. The smallest absolute Gasteiger partial charge is 0.253 e. The van der Waals surface area contributed by atoms with Gasteiger partial charge >= 0.3 is 0 Å². The van der Waals surface area contributed by atoms with Crippen LogP contribution in [0, 0.1) is 0 Å². The first-order chi connectivity index (χ1) is 15.6. The summed E-state index contributed by atoms with van der Waals surface area (Å²) in [6, 6.07) is 16.5. The van der Waals surface area contributed by atoms with Crippen molar-refractivity contribution in [3.8, 4) is 17.1 Å². The van der Waals surface area contributed by atoms with Crippen LogP contribution in [0.15, 0.2) is 60.8 Å². The number of nitrogens with one attached hydrogen (secondary N) is 1. The van der Waals surface area contributed by atoms with Crippen molar-refractivity contribution in [1.82, 2.24) is 25.4 Å². The van der Waals surface area contributed by atoms with Crippen LogP contribution >= 0.6 is 0 Å². The summed E-state index contributed by atoms with van der Waals surface area (Å²) in [7, 11) is 1.54. The zero-order valence-electron chi connectivity index (χ0n) is 17.9. The van der Waals surface area contributed by atoms with Crippen LogP contribution in [0.2, 0.25) is 0 Å². The van der Waals surface area contributed by atoms with E-state index in [1.165, 1.54) is 7.11 Å². The normalized spacial score (nSPS) is 14.1. The van der Waals surface area contributed by atoms with Crippen LogP contribution < -0.4 is 10.1 Å². The minimum absolute atomic E-state index is 0.0217. The Morgan fingerprint density at radius 1 is 1.06 bits per heavy atom. The predicted octanol–water partition coefficient (Wildman–Crippen LogP) is 2.51. The molecular weight excluding hydrogens is 406 g/mol. The van der Waals surface area contributed by atoms with Crippen molar-refractivity contribution >= 4 is 11.8 Å². The molecule has 0 saturated carbocycles. The molecule has 0 bridgehead atoms. The molecule has 164 valence electrons. The van der Waals surface area contributed by atoms with E-state index in [9.17, 15) is 9.59 Å². The molecule has 1 aromatic carbocycles. The highest BCUT2D eigenvalue weighted by Gasteiger charge is 2.25. The maximum Gasteiger partial charge on any atom is 0.253 e. The van der Waals surface area contributed by atoms with Crippen molar-refractivity contribution in [1.29, 1.82) is 0 Å². The lowest BCUT2D eigenvalue weighted by molar-refractivity contribution is -0.121. The summed E-state index contributed by atoms with van der Waals surface area (Å²) in [6.45, 7) is 1.19. The van der Waals surface area contributed by atoms with E-state index in [0.717, 1.165) is 24.1 Å². The number of piperidine rings is 1. The van der Waals surface area contributed by atoms with Crippen molar-refractivity contribution in [2.45, 2.75) is 25.3 Å². The van der Waals surface area contributed by atoms with Gasteiger partial charge in [-0.3, -0.25) is 14.6 Å². The van der Waals surface area contributed by atoms with Gasteiger partial charge in [-0.15, -0.1) is 10.2 Å². The molecule has 2 amide bonds. The van der Waals surface area contributed by atoms with E-state index in [4.69, 9.17) is 4.74 Å². The molecule has 8 nitrogen and oxygen atoms in total. The molecule has 32 heavy (non-hydrogen) atoms. The molecule has 3 aromatic rings. The molecule has 1 saturated heterocycles. The number of aromatic nitrogens is 3. The molecule has 0 aliphatic carbocycles. The molecular formula is C24H25N5O3. The second-order valence-corrected chi connectivity index (χ2v) is 7.67. The average molecular weight is 431 g/mol. The van der Waals surface area contributed by atoms with Crippen LogP contribution in [0.3, 0.4) is 0 Å². The van der Waals surface area contributed by atoms with E-state index in [0.29, 0.717) is 30.2 Å². The lowest BCUT2D eigenvalue weighted by Crippen LogP contribution is -2.46. The van der Waals surface area contributed by atoms with E-state index in [1.54, 1.807) is 12.3 Å². The zero-order chi connectivity index (χ0) is 22.3. The number of nitrogens with zero attached hydrogens (tertiary/aromatic N) is 4. The van der Waals surface area contributed by atoms with Crippen LogP contribution in [0.1, 0.15) is 28.9 Å². The molecule has 0 unspecified atom stereocenters. The van der Waals surface area contributed by atoms with Gasteiger partial charge in [0.05, 0.1) is 19.2 Å². The fourth-order valence-electron chi connectivity index (χ4n) is 3.75. The van der Waals surface area contributed by atoms with Gasteiger partial charge in [0.25, 0.3) is 5.91 Å². The molecule has 0 radical (unpaired) electrons. The summed E-state index contributed by atoms with van der Waals surface area (Å²) in [6.07, 6.45) is 3.40. The van der Waals surface area contributed by atoms with Crippen molar-refractivity contribution in [3.05, 3.63) is 72.1 Å². The van der Waals surface area contributed by atoms with Crippen LogP contribution in [0.5, 0.6) is 5.88 Å². The number of rotatable bonds is 6. The van der Waals surface area contributed by atoms with Crippen molar-refractivity contribution in [3.63, 3.8) is 0 Å². The Labute approximate surface area is 186 Å². The highest BCUT2D eigenvalue weighted by Crippen LogP contribution is 2.21. The number of ether oxygens (including phenoxy) is 1. The lowest BCUT2D eigenvalue weighted by atomic mass is 10.0. The van der Waals surface area contributed by atoms with E-state index in [1.807, 2.05) is 53.4 Å². The molecule has 1 fully saturated rings. The van der Waals surface area contributed by atoms with Gasteiger partial charge in [-0.05, 0) is 43.2 Å². The van der Waals surface area contributed by atoms with Crippen LogP contribution in [0.25, 0.3) is 11.3 Å². The minimum atomic E-state index is -0.0400. The first-order valence-corrected chi connectivity index (χ1v) is 10.6. The SMILES string of the molecule is COc1ccc(-c2cccc(C(=O)N3CCC(NC(=O)Cc4ccccn4)CC3)c2)nn1.